The van der Waals surface area contributed by atoms with E-state index >= 15 is 4.39 Å². The number of benzene rings is 2. The Balaban J connectivity index is 1.65. The number of phenolic OH excluding ortho intramolecular Hbond substituents is 1. The van der Waals surface area contributed by atoms with Crippen LogP contribution in [0.1, 0.15) is 26.7 Å². The van der Waals surface area contributed by atoms with Crippen LogP contribution in [0.15, 0.2) is 36.9 Å². The molecule has 0 saturated carbocycles. The smallest absolute Gasteiger partial charge is 0.319 e. The molecule has 40 heavy (non-hydrogen) atoms. The number of nitrogens with zero attached hydrogens (tertiary/aromatic N) is 5. The first-order valence-corrected chi connectivity index (χ1v) is 13.7. The van der Waals surface area contributed by atoms with Crippen LogP contribution in [0.5, 0.6) is 11.8 Å². The van der Waals surface area contributed by atoms with Gasteiger partial charge in [0.15, 0.2) is 5.82 Å². The quantitative estimate of drug-likeness (QED) is 0.416. The van der Waals surface area contributed by atoms with Crippen LogP contribution in [0.25, 0.3) is 22.0 Å². The van der Waals surface area contributed by atoms with Crippen LogP contribution in [0.3, 0.4) is 0 Å². The molecule has 1 amide bonds. The van der Waals surface area contributed by atoms with Gasteiger partial charge >= 0.3 is 6.01 Å². The lowest BCUT2D eigenvalue weighted by Crippen LogP contribution is -2.58. The minimum absolute atomic E-state index is 0.0165. The van der Waals surface area contributed by atoms with Crippen molar-refractivity contribution in [3.63, 3.8) is 0 Å². The highest BCUT2D eigenvalue weighted by molar-refractivity contribution is 6.34. The molecule has 1 unspecified atom stereocenters. The Kier molecular flexibility index (Phi) is 7.83. The van der Waals surface area contributed by atoms with Gasteiger partial charge in [-0.15, -0.1) is 0 Å². The topological polar surface area (TPSA) is 82.0 Å². The van der Waals surface area contributed by atoms with E-state index in [9.17, 15) is 14.3 Å². The van der Waals surface area contributed by atoms with Crippen molar-refractivity contribution in [3.8, 4) is 22.9 Å². The maximum absolute atomic E-state index is 16.3. The predicted octanol–water partition coefficient (Wildman–Crippen LogP) is 5.02. The molecule has 5 rings (SSSR count). The van der Waals surface area contributed by atoms with Crippen molar-refractivity contribution in [2.24, 2.45) is 0 Å². The summed E-state index contributed by atoms with van der Waals surface area (Å²) < 4.78 is 37.1. The summed E-state index contributed by atoms with van der Waals surface area (Å²) in [5.74, 6) is -1.92. The number of phenols is 1. The normalized spacial score (nSPS) is 21.7. The van der Waals surface area contributed by atoms with Crippen LogP contribution in [0.2, 0.25) is 5.02 Å². The first-order chi connectivity index (χ1) is 19.1. The van der Waals surface area contributed by atoms with Gasteiger partial charge in [0.1, 0.15) is 29.5 Å². The fourth-order valence-electron chi connectivity index (χ4n) is 5.64. The number of aromatic hydroxyl groups is 1. The minimum atomic E-state index is -0.893. The number of likely N-dealkylation sites (tertiary alicyclic amines) is 1. The van der Waals surface area contributed by atoms with Crippen molar-refractivity contribution in [2.45, 2.75) is 44.8 Å². The number of hydrogen-bond donors (Lipinski definition) is 1. The number of halogens is 3. The van der Waals surface area contributed by atoms with Crippen molar-refractivity contribution in [2.75, 3.05) is 38.2 Å². The molecule has 0 spiro atoms. The van der Waals surface area contributed by atoms with Crippen molar-refractivity contribution in [1.29, 1.82) is 0 Å². The minimum Gasteiger partial charge on any atom is -0.507 e. The third kappa shape index (κ3) is 5.06. The molecular formula is C29H32ClF2N5O3. The van der Waals surface area contributed by atoms with Crippen LogP contribution in [-0.4, -0.2) is 82.2 Å². The molecule has 3 heterocycles. The molecule has 2 fully saturated rings. The number of aromatic nitrogens is 2. The summed E-state index contributed by atoms with van der Waals surface area (Å²) in [4.78, 5) is 27.4. The van der Waals surface area contributed by atoms with Gasteiger partial charge in [0, 0.05) is 42.2 Å². The van der Waals surface area contributed by atoms with Crippen molar-refractivity contribution in [1.82, 2.24) is 19.8 Å². The van der Waals surface area contributed by atoms with Gasteiger partial charge in [0.05, 0.1) is 10.6 Å². The van der Waals surface area contributed by atoms with Crippen molar-refractivity contribution in [3.05, 3.63) is 53.6 Å². The van der Waals surface area contributed by atoms with Gasteiger partial charge in [-0.3, -0.25) is 4.79 Å². The van der Waals surface area contributed by atoms with E-state index in [1.54, 1.807) is 4.90 Å². The van der Waals surface area contributed by atoms with Gasteiger partial charge in [-0.05, 0) is 64.6 Å². The first kappa shape index (κ1) is 28.0. The van der Waals surface area contributed by atoms with Crippen molar-refractivity contribution >= 4 is 34.2 Å². The number of fused-ring (bicyclic) bond motifs is 1. The van der Waals surface area contributed by atoms with E-state index in [1.165, 1.54) is 24.3 Å². The lowest BCUT2D eigenvalue weighted by Gasteiger charge is -2.44. The second kappa shape index (κ2) is 11.2. The zero-order valence-electron chi connectivity index (χ0n) is 22.7. The molecule has 2 saturated heterocycles. The third-order valence-electron chi connectivity index (χ3n) is 7.88. The van der Waals surface area contributed by atoms with Crippen LogP contribution in [0, 0.1) is 11.6 Å². The van der Waals surface area contributed by atoms with E-state index in [-0.39, 0.29) is 51.7 Å². The Hall–Kier alpha value is -3.50. The second-order valence-electron chi connectivity index (χ2n) is 10.5. The highest BCUT2D eigenvalue weighted by atomic mass is 35.5. The number of carbonyl (C=O) groups excluding carboxylic acids is 1. The lowest BCUT2D eigenvalue weighted by atomic mass is 10.0. The zero-order valence-corrected chi connectivity index (χ0v) is 23.5. The number of ether oxygens (including phenoxy) is 1. The Morgan fingerprint density at radius 3 is 2.67 bits per heavy atom. The number of anilines is 1. The van der Waals surface area contributed by atoms with E-state index in [1.807, 2.05) is 25.8 Å². The molecule has 2 aliphatic heterocycles. The van der Waals surface area contributed by atoms with Gasteiger partial charge in [0.2, 0.25) is 5.91 Å². The maximum atomic E-state index is 16.3. The SMILES string of the molecule is C=CC(=O)N1C[C@H](C)N(c2nc(OCC3CCCN3C)nc3c(F)c(-c4c(O)cccc4F)c(Cl)cc23)C[C@H]1C. The van der Waals surface area contributed by atoms with Crippen LogP contribution >= 0.6 is 11.6 Å². The van der Waals surface area contributed by atoms with E-state index < -0.39 is 17.4 Å². The van der Waals surface area contributed by atoms with Crippen LogP contribution < -0.4 is 9.64 Å². The molecule has 0 aliphatic carbocycles. The van der Waals surface area contributed by atoms with Crippen LogP contribution in [-0.2, 0) is 4.79 Å². The average Bonchev–Trinajstić information content (AvgIpc) is 3.34. The van der Waals surface area contributed by atoms with Gasteiger partial charge in [0.25, 0.3) is 0 Å². The number of likely N-dealkylation sites (N-methyl/N-ethyl adjacent to an activating group) is 1. The molecule has 3 aromatic rings. The molecule has 1 aromatic heterocycles. The van der Waals surface area contributed by atoms with Gasteiger partial charge < -0.3 is 24.5 Å². The summed E-state index contributed by atoms with van der Waals surface area (Å²) in [7, 11) is 2.02. The third-order valence-corrected chi connectivity index (χ3v) is 8.17. The lowest BCUT2D eigenvalue weighted by molar-refractivity contribution is -0.128. The Morgan fingerprint density at radius 2 is 2.00 bits per heavy atom. The Bertz CT molecular complexity index is 1450. The summed E-state index contributed by atoms with van der Waals surface area (Å²) in [5, 5.41) is 10.6. The monoisotopic (exact) mass is 571 g/mol. The highest BCUT2D eigenvalue weighted by Crippen LogP contribution is 2.43. The molecular weight excluding hydrogens is 540 g/mol. The maximum Gasteiger partial charge on any atom is 0.319 e. The molecule has 8 nitrogen and oxygen atoms in total. The molecule has 1 N–H and O–H groups in total. The van der Waals surface area contributed by atoms with Gasteiger partial charge in [-0.1, -0.05) is 24.2 Å². The fourth-order valence-corrected chi connectivity index (χ4v) is 5.93. The standard InChI is InChI=1S/C29H32ClF2N5O3/c1-5-23(39)36-13-17(3)37(14-16(36)2)28-19-12-20(30)24(25-21(31)9-6-10-22(25)38)26(32)27(19)33-29(34-28)40-15-18-8-7-11-35(18)4/h5-6,9-10,12,16-18,38H,1,7-8,11,13-15H2,2-4H3/t16-,17+,18?/m1/s1. The first-order valence-electron chi connectivity index (χ1n) is 13.3. The molecule has 11 heteroatoms. The zero-order chi connectivity index (χ0) is 28.7. The fraction of sp³-hybridized carbons (Fsp3) is 0.414. The summed E-state index contributed by atoms with van der Waals surface area (Å²) in [6.45, 7) is 9.56. The Labute approximate surface area is 236 Å². The molecule has 2 aliphatic rings. The van der Waals surface area contributed by atoms with Gasteiger partial charge in [-0.25, -0.2) is 8.78 Å². The molecule has 0 radical (unpaired) electrons. The van der Waals surface area contributed by atoms with E-state index in [2.05, 4.69) is 16.5 Å². The van der Waals surface area contributed by atoms with Crippen LogP contribution in [0.4, 0.5) is 14.6 Å². The van der Waals surface area contributed by atoms with E-state index in [0.717, 1.165) is 25.5 Å². The highest BCUT2D eigenvalue weighted by Gasteiger charge is 2.34. The summed E-state index contributed by atoms with van der Waals surface area (Å²) >= 11 is 6.56. The summed E-state index contributed by atoms with van der Waals surface area (Å²) in [6.07, 6.45) is 3.31. The van der Waals surface area contributed by atoms with Crippen molar-refractivity contribution < 1.29 is 23.4 Å². The number of piperazine rings is 1. The Morgan fingerprint density at radius 1 is 1.23 bits per heavy atom. The number of carbonyl (C=O) groups is 1. The number of rotatable bonds is 6. The average molecular weight is 572 g/mol. The predicted molar refractivity (Wildman–Crippen MR) is 151 cm³/mol. The second-order valence-corrected chi connectivity index (χ2v) is 10.9. The number of amides is 1. The van der Waals surface area contributed by atoms with E-state index in [0.29, 0.717) is 30.9 Å². The molecule has 2 aromatic carbocycles. The van der Waals surface area contributed by atoms with Gasteiger partial charge in [-0.2, -0.15) is 9.97 Å². The summed E-state index contributed by atoms with van der Waals surface area (Å²) in [6, 6.07) is 5.00. The molecule has 3 atom stereocenters. The largest absolute Gasteiger partial charge is 0.507 e. The van der Waals surface area contributed by atoms with E-state index in [4.69, 9.17) is 21.3 Å². The molecule has 212 valence electrons. The summed E-state index contributed by atoms with van der Waals surface area (Å²) in [5.41, 5.74) is -0.745. The number of hydrogen-bond acceptors (Lipinski definition) is 7. The molecule has 0 bridgehead atoms.